The number of aryl methyl sites for hydroxylation is 1. The van der Waals surface area contributed by atoms with Gasteiger partial charge in [0.05, 0.1) is 7.11 Å². The van der Waals surface area contributed by atoms with Crippen LogP contribution in [0.1, 0.15) is 62.5 Å². The zero-order valence-electron chi connectivity index (χ0n) is 19.3. The number of unbranched alkanes of at least 4 members (excludes halogenated alkanes) is 1. The zero-order valence-corrected chi connectivity index (χ0v) is 19.3. The van der Waals surface area contributed by atoms with Gasteiger partial charge < -0.3 is 15.5 Å². The molecule has 3 heteroatoms. The fourth-order valence-electron chi connectivity index (χ4n) is 7.75. The number of hydrogen-bond donors (Lipinski definition) is 2. The summed E-state index contributed by atoms with van der Waals surface area (Å²) in [7, 11) is 1.72. The van der Waals surface area contributed by atoms with Gasteiger partial charge in [-0.15, -0.1) is 0 Å². The number of ether oxygens (including phenoxy) is 1. The lowest BCUT2D eigenvalue weighted by atomic mass is 9.48. The molecule has 3 aromatic rings. The monoisotopic (exact) mass is 428 g/mol. The lowest BCUT2D eigenvalue weighted by Crippen LogP contribution is -2.48. The van der Waals surface area contributed by atoms with Crippen LogP contribution in [0.5, 0.6) is 5.75 Å². The summed E-state index contributed by atoms with van der Waals surface area (Å²) in [4.78, 5) is 3.77. The van der Waals surface area contributed by atoms with Crippen molar-refractivity contribution in [3.05, 3.63) is 53.6 Å². The molecule has 4 aliphatic rings. The molecule has 168 valence electrons. The predicted molar refractivity (Wildman–Crippen MR) is 132 cm³/mol. The summed E-state index contributed by atoms with van der Waals surface area (Å²) in [5.74, 6) is 3.82. The van der Waals surface area contributed by atoms with Crippen LogP contribution in [0.2, 0.25) is 0 Å². The number of methoxy groups -OCH3 is 1. The summed E-state index contributed by atoms with van der Waals surface area (Å²) in [6.45, 7) is 0.763. The minimum absolute atomic E-state index is 0.439. The number of nitrogens with two attached hydrogens (primary N) is 1. The van der Waals surface area contributed by atoms with Crippen molar-refractivity contribution >= 4 is 10.9 Å². The molecule has 0 atom stereocenters. The van der Waals surface area contributed by atoms with Crippen molar-refractivity contribution < 1.29 is 4.74 Å². The molecule has 4 aliphatic carbocycles. The largest absolute Gasteiger partial charge is 0.497 e. The lowest BCUT2D eigenvalue weighted by Gasteiger charge is -2.57. The fraction of sp³-hybridized carbons (Fsp3) is 0.517. The molecule has 0 radical (unpaired) electrons. The molecule has 7 rings (SSSR count). The number of benzene rings is 2. The van der Waals surface area contributed by atoms with Gasteiger partial charge in [-0.3, -0.25) is 0 Å². The molecule has 0 unspecified atom stereocenters. The van der Waals surface area contributed by atoms with Gasteiger partial charge in [-0.1, -0.05) is 6.07 Å². The fourth-order valence-corrected chi connectivity index (χ4v) is 7.75. The normalized spacial score (nSPS) is 28.5. The van der Waals surface area contributed by atoms with Crippen LogP contribution in [0.25, 0.3) is 22.2 Å². The molecule has 4 fully saturated rings. The highest BCUT2D eigenvalue weighted by atomic mass is 16.5. The van der Waals surface area contributed by atoms with Crippen LogP contribution in [0.3, 0.4) is 0 Å². The van der Waals surface area contributed by atoms with Crippen LogP contribution in [0, 0.1) is 17.8 Å². The Balaban J connectivity index is 1.43. The van der Waals surface area contributed by atoms with Crippen molar-refractivity contribution in [3.8, 4) is 17.0 Å². The first-order valence-corrected chi connectivity index (χ1v) is 12.7. The van der Waals surface area contributed by atoms with E-state index in [2.05, 4.69) is 47.4 Å². The summed E-state index contributed by atoms with van der Waals surface area (Å²) in [5.41, 5.74) is 13.1. The molecule has 2 aromatic carbocycles. The molecule has 0 saturated heterocycles. The minimum Gasteiger partial charge on any atom is -0.497 e. The van der Waals surface area contributed by atoms with Crippen molar-refractivity contribution in [3.63, 3.8) is 0 Å². The third-order valence-corrected chi connectivity index (χ3v) is 8.82. The van der Waals surface area contributed by atoms with E-state index in [0.717, 1.165) is 49.3 Å². The van der Waals surface area contributed by atoms with E-state index >= 15 is 0 Å². The molecule has 32 heavy (non-hydrogen) atoms. The van der Waals surface area contributed by atoms with Crippen molar-refractivity contribution in [2.45, 2.75) is 63.2 Å². The first kappa shape index (κ1) is 20.4. The van der Waals surface area contributed by atoms with Crippen LogP contribution in [-0.2, 0) is 11.8 Å². The highest BCUT2D eigenvalue weighted by Gasteiger charge is 2.51. The van der Waals surface area contributed by atoms with E-state index in [4.69, 9.17) is 10.5 Å². The topological polar surface area (TPSA) is 51.0 Å². The second-order valence-electron chi connectivity index (χ2n) is 10.9. The standard InChI is InChI=1S/C29H36N2O/c1-32-24-8-5-22(6-9-24)28-25(4-2-3-11-30)26-15-23(7-10-27(26)31-28)29-16-19-12-20(17-29)14-21(13-19)18-29/h5-10,15,19-21,31H,2-4,11-14,16-18,30H2,1H3. The van der Waals surface area contributed by atoms with Crippen LogP contribution in [0.4, 0.5) is 0 Å². The van der Waals surface area contributed by atoms with E-state index in [1.807, 2.05) is 0 Å². The van der Waals surface area contributed by atoms with E-state index < -0.39 is 0 Å². The maximum absolute atomic E-state index is 5.83. The third kappa shape index (κ3) is 3.37. The van der Waals surface area contributed by atoms with Crippen LogP contribution in [-0.4, -0.2) is 18.6 Å². The van der Waals surface area contributed by atoms with Gasteiger partial charge in [-0.2, -0.15) is 0 Å². The molecule has 3 nitrogen and oxygen atoms in total. The Morgan fingerprint density at radius 1 is 0.938 bits per heavy atom. The summed E-state index contributed by atoms with van der Waals surface area (Å²) in [5, 5.41) is 1.43. The Bertz CT molecular complexity index is 1070. The summed E-state index contributed by atoms with van der Waals surface area (Å²) < 4.78 is 5.38. The van der Waals surface area contributed by atoms with Gasteiger partial charge in [-0.05, 0) is 141 Å². The molecule has 0 spiro atoms. The molecule has 4 bridgehead atoms. The average molecular weight is 429 g/mol. The van der Waals surface area contributed by atoms with Crippen molar-refractivity contribution in [1.82, 2.24) is 4.98 Å². The van der Waals surface area contributed by atoms with Gasteiger partial charge in [0.15, 0.2) is 0 Å². The molecule has 4 saturated carbocycles. The maximum Gasteiger partial charge on any atom is 0.118 e. The van der Waals surface area contributed by atoms with Gasteiger partial charge in [0.25, 0.3) is 0 Å². The van der Waals surface area contributed by atoms with Crippen molar-refractivity contribution in [2.75, 3.05) is 13.7 Å². The molecular weight excluding hydrogens is 392 g/mol. The second kappa shape index (κ2) is 7.95. The van der Waals surface area contributed by atoms with Crippen LogP contribution in [0.15, 0.2) is 42.5 Å². The summed E-state index contributed by atoms with van der Waals surface area (Å²) in [6.07, 6.45) is 12.0. The van der Waals surface area contributed by atoms with Crippen LogP contribution >= 0.6 is 0 Å². The van der Waals surface area contributed by atoms with E-state index in [-0.39, 0.29) is 0 Å². The predicted octanol–water partition coefficient (Wildman–Crippen LogP) is 6.59. The Morgan fingerprint density at radius 2 is 1.62 bits per heavy atom. The lowest BCUT2D eigenvalue weighted by molar-refractivity contribution is -0.00513. The number of fused-ring (bicyclic) bond motifs is 1. The highest BCUT2D eigenvalue weighted by Crippen LogP contribution is 2.61. The van der Waals surface area contributed by atoms with Crippen molar-refractivity contribution in [1.29, 1.82) is 0 Å². The van der Waals surface area contributed by atoms with Crippen LogP contribution < -0.4 is 10.5 Å². The highest BCUT2D eigenvalue weighted by molar-refractivity contribution is 5.91. The summed E-state index contributed by atoms with van der Waals surface area (Å²) in [6, 6.07) is 15.9. The van der Waals surface area contributed by atoms with E-state index in [9.17, 15) is 0 Å². The number of nitrogens with one attached hydrogen (secondary N) is 1. The Kier molecular flexibility index (Phi) is 5.06. The van der Waals surface area contributed by atoms with Gasteiger partial charge in [0.2, 0.25) is 0 Å². The van der Waals surface area contributed by atoms with E-state index in [1.165, 1.54) is 66.2 Å². The first-order chi connectivity index (χ1) is 15.7. The molecule has 0 amide bonds. The van der Waals surface area contributed by atoms with E-state index in [0.29, 0.717) is 5.41 Å². The first-order valence-electron chi connectivity index (χ1n) is 12.7. The van der Waals surface area contributed by atoms with Gasteiger partial charge in [-0.25, -0.2) is 0 Å². The summed E-state index contributed by atoms with van der Waals surface area (Å²) >= 11 is 0. The smallest absolute Gasteiger partial charge is 0.118 e. The molecule has 1 aromatic heterocycles. The quantitative estimate of drug-likeness (QED) is 0.417. The molecular formula is C29H36N2O. The number of hydrogen-bond acceptors (Lipinski definition) is 2. The third-order valence-electron chi connectivity index (χ3n) is 8.82. The Labute approximate surface area is 191 Å². The van der Waals surface area contributed by atoms with E-state index in [1.54, 1.807) is 12.7 Å². The SMILES string of the molecule is COc1ccc(-c2[nH]c3ccc(C45CC6CC(CC(C6)C4)C5)cc3c2CCCCN)cc1. The average Bonchev–Trinajstić information content (AvgIpc) is 3.16. The molecule has 0 aliphatic heterocycles. The van der Waals surface area contributed by atoms with Crippen molar-refractivity contribution in [2.24, 2.45) is 23.5 Å². The number of rotatable bonds is 7. The van der Waals surface area contributed by atoms with Gasteiger partial charge >= 0.3 is 0 Å². The van der Waals surface area contributed by atoms with Gasteiger partial charge in [0.1, 0.15) is 5.75 Å². The maximum atomic E-state index is 5.83. The van der Waals surface area contributed by atoms with Gasteiger partial charge in [0, 0.05) is 16.6 Å². The minimum atomic E-state index is 0.439. The number of H-pyrrole nitrogens is 1. The molecule has 3 N–H and O–H groups in total. The number of aromatic nitrogens is 1. The zero-order chi connectivity index (χ0) is 21.7. The molecule has 1 heterocycles. The number of aromatic amines is 1. The second-order valence-corrected chi connectivity index (χ2v) is 10.9. The Morgan fingerprint density at radius 3 is 2.25 bits per heavy atom. The Hall–Kier alpha value is -2.26.